The van der Waals surface area contributed by atoms with Crippen molar-refractivity contribution in [3.05, 3.63) is 123 Å². The molecule has 3 aromatic carbocycles. The number of amides is 2. The molecule has 0 spiro atoms. The number of hydrogen-bond acceptors (Lipinski definition) is 6. The molecule has 6 rings (SSSR count). The fourth-order valence-electron chi connectivity index (χ4n) is 6.27. The molecule has 1 fully saturated rings. The van der Waals surface area contributed by atoms with Crippen LogP contribution >= 0.6 is 0 Å². The largest absolute Gasteiger partial charge is 0.465 e. The Labute approximate surface area is 255 Å². The van der Waals surface area contributed by atoms with Crippen molar-refractivity contribution in [3.8, 4) is 0 Å². The number of carbonyl (C=O) groups excluding carboxylic acids is 1. The number of furan rings is 1. The topological polar surface area (TPSA) is 121 Å². The highest BCUT2D eigenvalue weighted by Gasteiger charge is 2.39. The minimum atomic E-state index is -1.03. The Balaban J connectivity index is 1.24. The SMILES string of the molecule is Cc1ccc([C@@H](NC(=O)Cc2ccc3oc([C@H](c4c(C)noc4C)N4CC(NC(=O)O)C4)cc3c2)c2ccccc2)c(C)c1. The lowest BCUT2D eigenvalue weighted by Gasteiger charge is -2.43. The lowest BCUT2D eigenvalue weighted by atomic mass is 9.93. The number of carboxylic acid groups (broad SMARTS) is 1. The molecule has 9 nitrogen and oxygen atoms in total. The molecule has 3 heterocycles. The summed E-state index contributed by atoms with van der Waals surface area (Å²) in [5, 5.41) is 20.0. The van der Waals surface area contributed by atoms with Crippen LogP contribution in [0.5, 0.6) is 0 Å². The lowest BCUT2D eigenvalue weighted by molar-refractivity contribution is -0.120. The summed E-state index contributed by atoms with van der Waals surface area (Å²) in [5.74, 6) is 1.33. The predicted octanol–water partition coefficient (Wildman–Crippen LogP) is 6.14. The molecule has 3 N–H and O–H groups in total. The van der Waals surface area contributed by atoms with Gasteiger partial charge in [0.1, 0.15) is 17.1 Å². The molecule has 5 aromatic rings. The van der Waals surface area contributed by atoms with E-state index in [0.717, 1.165) is 38.9 Å². The summed E-state index contributed by atoms with van der Waals surface area (Å²) in [5.41, 5.74) is 7.67. The third-order valence-electron chi connectivity index (χ3n) is 8.37. The van der Waals surface area contributed by atoms with Gasteiger partial charge in [-0.2, -0.15) is 0 Å². The van der Waals surface area contributed by atoms with Gasteiger partial charge in [0.2, 0.25) is 5.91 Å². The number of aromatic nitrogens is 1. The van der Waals surface area contributed by atoms with Crippen molar-refractivity contribution >= 4 is 23.0 Å². The second-order valence-electron chi connectivity index (χ2n) is 11.7. The summed E-state index contributed by atoms with van der Waals surface area (Å²) in [6.07, 6.45) is -0.819. The van der Waals surface area contributed by atoms with Gasteiger partial charge in [-0.15, -0.1) is 0 Å². The zero-order valence-electron chi connectivity index (χ0n) is 25.3. The Morgan fingerprint density at radius 1 is 1.00 bits per heavy atom. The van der Waals surface area contributed by atoms with E-state index in [4.69, 9.17) is 14.0 Å². The summed E-state index contributed by atoms with van der Waals surface area (Å²) in [4.78, 5) is 26.8. The summed E-state index contributed by atoms with van der Waals surface area (Å²) < 4.78 is 11.8. The summed E-state index contributed by atoms with van der Waals surface area (Å²) >= 11 is 0. The molecule has 0 aliphatic carbocycles. The number of rotatable bonds is 9. The van der Waals surface area contributed by atoms with Gasteiger partial charge in [0.15, 0.2) is 0 Å². The number of likely N-dealkylation sites (tertiary alicyclic amines) is 1. The van der Waals surface area contributed by atoms with Crippen molar-refractivity contribution in [1.82, 2.24) is 20.7 Å². The molecular weight excluding hydrogens is 556 g/mol. The van der Waals surface area contributed by atoms with Gasteiger partial charge in [-0.05, 0) is 68.1 Å². The van der Waals surface area contributed by atoms with E-state index in [0.29, 0.717) is 30.2 Å². The number of carbonyl (C=O) groups is 2. The van der Waals surface area contributed by atoms with Crippen molar-refractivity contribution in [3.63, 3.8) is 0 Å². The average Bonchev–Trinajstić information content (AvgIpc) is 3.53. The van der Waals surface area contributed by atoms with Gasteiger partial charge in [0.25, 0.3) is 0 Å². The lowest BCUT2D eigenvalue weighted by Crippen LogP contribution is -2.60. The maximum atomic E-state index is 13.5. The Bertz CT molecular complexity index is 1800. The summed E-state index contributed by atoms with van der Waals surface area (Å²) in [6.45, 7) is 8.98. The molecule has 2 amide bonds. The maximum absolute atomic E-state index is 13.5. The summed E-state index contributed by atoms with van der Waals surface area (Å²) in [6, 6.07) is 23.4. The van der Waals surface area contributed by atoms with Crippen LogP contribution in [-0.4, -0.2) is 46.3 Å². The number of hydrogen-bond donors (Lipinski definition) is 3. The Morgan fingerprint density at radius 3 is 2.45 bits per heavy atom. The van der Waals surface area contributed by atoms with Gasteiger partial charge >= 0.3 is 6.09 Å². The van der Waals surface area contributed by atoms with Crippen molar-refractivity contribution in [2.24, 2.45) is 0 Å². The van der Waals surface area contributed by atoms with Crippen LogP contribution in [0.2, 0.25) is 0 Å². The molecule has 2 aromatic heterocycles. The highest BCUT2D eigenvalue weighted by Crippen LogP contribution is 2.38. The molecule has 44 heavy (non-hydrogen) atoms. The maximum Gasteiger partial charge on any atom is 0.404 e. The third-order valence-corrected chi connectivity index (χ3v) is 8.37. The van der Waals surface area contributed by atoms with Crippen LogP contribution in [0.4, 0.5) is 4.79 Å². The first kappa shape index (κ1) is 29.2. The number of benzene rings is 3. The van der Waals surface area contributed by atoms with Gasteiger partial charge in [-0.1, -0.05) is 65.3 Å². The first-order valence-corrected chi connectivity index (χ1v) is 14.8. The number of nitrogens with zero attached hydrogens (tertiary/aromatic N) is 2. The van der Waals surface area contributed by atoms with E-state index in [1.807, 2.05) is 68.4 Å². The molecule has 1 aliphatic heterocycles. The first-order chi connectivity index (χ1) is 21.2. The molecular formula is C35H36N4O5. The monoisotopic (exact) mass is 592 g/mol. The van der Waals surface area contributed by atoms with Crippen LogP contribution in [0.1, 0.15) is 62.7 Å². The van der Waals surface area contributed by atoms with Gasteiger partial charge in [-0.25, -0.2) is 4.79 Å². The smallest absolute Gasteiger partial charge is 0.404 e. The van der Waals surface area contributed by atoms with E-state index in [-0.39, 0.29) is 30.5 Å². The van der Waals surface area contributed by atoms with Crippen LogP contribution in [0.3, 0.4) is 0 Å². The van der Waals surface area contributed by atoms with Gasteiger partial charge in [0, 0.05) is 24.0 Å². The van der Waals surface area contributed by atoms with Crippen molar-refractivity contribution < 1.29 is 23.6 Å². The molecule has 226 valence electrons. The van der Waals surface area contributed by atoms with E-state index in [1.165, 1.54) is 5.56 Å². The molecule has 1 aliphatic rings. The standard InChI is InChI=1S/C35H36N4O5/c1-20-10-12-28(21(2)14-20)33(25-8-6-5-7-9-25)37-31(40)16-24-11-13-29-26(15-24)17-30(43-29)34(32-22(3)38-44-23(32)4)39-18-27(19-39)36-35(41)42/h5-15,17,27,33-34,36H,16,18-19H2,1-4H3,(H,37,40)(H,41,42)/t33-,34+/m0/s1. The highest BCUT2D eigenvalue weighted by atomic mass is 16.5. The van der Waals surface area contributed by atoms with E-state index in [9.17, 15) is 9.59 Å². The van der Waals surface area contributed by atoms with Crippen molar-refractivity contribution in [2.75, 3.05) is 13.1 Å². The zero-order chi connectivity index (χ0) is 31.0. The normalized spacial score (nSPS) is 15.1. The Morgan fingerprint density at radius 2 is 1.77 bits per heavy atom. The second-order valence-corrected chi connectivity index (χ2v) is 11.7. The molecule has 0 radical (unpaired) electrons. The minimum Gasteiger partial charge on any atom is -0.465 e. The first-order valence-electron chi connectivity index (χ1n) is 14.8. The van der Waals surface area contributed by atoms with E-state index in [2.05, 4.69) is 52.7 Å². The van der Waals surface area contributed by atoms with E-state index >= 15 is 0 Å². The Kier molecular flexibility index (Phi) is 7.97. The third kappa shape index (κ3) is 5.96. The molecule has 0 bridgehead atoms. The van der Waals surface area contributed by atoms with Crippen LogP contribution in [-0.2, 0) is 11.2 Å². The second kappa shape index (κ2) is 12.0. The fraction of sp³-hybridized carbons (Fsp3) is 0.286. The number of aryl methyl sites for hydroxylation is 4. The zero-order valence-corrected chi connectivity index (χ0v) is 25.3. The highest BCUT2D eigenvalue weighted by molar-refractivity contribution is 5.83. The van der Waals surface area contributed by atoms with Gasteiger partial charge < -0.3 is 24.7 Å². The predicted molar refractivity (Wildman–Crippen MR) is 167 cm³/mol. The van der Waals surface area contributed by atoms with E-state index < -0.39 is 6.09 Å². The molecule has 9 heteroatoms. The van der Waals surface area contributed by atoms with Crippen LogP contribution < -0.4 is 10.6 Å². The molecule has 0 unspecified atom stereocenters. The number of fused-ring (bicyclic) bond motifs is 1. The van der Waals surface area contributed by atoms with Crippen LogP contribution in [0.25, 0.3) is 11.0 Å². The van der Waals surface area contributed by atoms with Crippen LogP contribution in [0, 0.1) is 27.7 Å². The fourth-order valence-corrected chi connectivity index (χ4v) is 6.27. The van der Waals surface area contributed by atoms with Gasteiger partial charge in [-0.3, -0.25) is 9.69 Å². The minimum absolute atomic E-state index is 0.0759. The van der Waals surface area contributed by atoms with Crippen LogP contribution in [0.15, 0.2) is 81.7 Å². The molecule has 0 saturated carbocycles. The van der Waals surface area contributed by atoms with Crippen molar-refractivity contribution in [2.45, 2.75) is 52.2 Å². The van der Waals surface area contributed by atoms with Gasteiger partial charge in [0.05, 0.1) is 30.2 Å². The molecule has 1 saturated heterocycles. The van der Waals surface area contributed by atoms with Crippen molar-refractivity contribution in [1.29, 1.82) is 0 Å². The molecule has 2 atom stereocenters. The summed E-state index contributed by atoms with van der Waals surface area (Å²) in [7, 11) is 0. The van der Waals surface area contributed by atoms with E-state index in [1.54, 1.807) is 0 Å². The quantitative estimate of drug-likeness (QED) is 0.188. The average molecular weight is 593 g/mol. The number of nitrogens with one attached hydrogen (secondary N) is 2. The Hall–Kier alpha value is -4.89.